The lowest BCUT2D eigenvalue weighted by Crippen LogP contribution is -2.09. The van der Waals surface area contributed by atoms with Gasteiger partial charge in [0.1, 0.15) is 6.10 Å². The number of aliphatic hydroxyl groups is 2. The Bertz CT molecular complexity index is 163. The molecule has 0 aromatic heterocycles. The Labute approximate surface area is 73.9 Å². The Morgan fingerprint density at radius 3 is 1.92 bits per heavy atom. The molecule has 0 aliphatic carbocycles. The van der Waals surface area contributed by atoms with Crippen LogP contribution in [-0.2, 0) is 0 Å². The zero-order valence-corrected chi connectivity index (χ0v) is 7.78. The van der Waals surface area contributed by atoms with Crippen LogP contribution in [0, 0.1) is 11.8 Å². The molecule has 0 heterocycles. The van der Waals surface area contributed by atoms with Crippen molar-refractivity contribution < 1.29 is 10.2 Å². The van der Waals surface area contributed by atoms with Crippen LogP contribution in [0.1, 0.15) is 20.8 Å². The summed E-state index contributed by atoms with van der Waals surface area (Å²) in [6.07, 6.45) is 1.99. The van der Waals surface area contributed by atoms with E-state index in [1.54, 1.807) is 20.8 Å². The number of nitrogens with two attached hydrogens (primary N) is 1. The predicted molar refractivity (Wildman–Crippen MR) is 50.5 cm³/mol. The smallest absolute Gasteiger partial charge is 0.111 e. The molecule has 0 rings (SSSR count). The van der Waals surface area contributed by atoms with Crippen LogP contribution < -0.4 is 5.73 Å². The van der Waals surface area contributed by atoms with Gasteiger partial charge >= 0.3 is 0 Å². The highest BCUT2D eigenvalue weighted by Gasteiger charge is 1.77. The first-order chi connectivity index (χ1) is 5.54. The highest BCUT2D eigenvalue weighted by atomic mass is 16.3. The molecule has 0 bridgehead atoms. The summed E-state index contributed by atoms with van der Waals surface area (Å²) in [5, 5.41) is 16.4. The lowest BCUT2D eigenvalue weighted by molar-refractivity contribution is 0.253. The molecule has 2 atom stereocenters. The van der Waals surface area contributed by atoms with Crippen molar-refractivity contribution in [2.75, 3.05) is 0 Å². The van der Waals surface area contributed by atoms with E-state index in [1.807, 2.05) is 0 Å². The van der Waals surface area contributed by atoms with Gasteiger partial charge in [-0.25, -0.2) is 0 Å². The highest BCUT2D eigenvalue weighted by molar-refractivity contribution is 4.99. The Kier molecular flexibility index (Phi) is 11.4. The number of rotatable bonds is 1. The molecule has 0 fully saturated rings. The molecule has 1 unspecified atom stereocenters. The second kappa shape index (κ2) is 10.0. The summed E-state index contributed by atoms with van der Waals surface area (Å²) in [4.78, 5) is 0. The first-order valence-electron chi connectivity index (χ1n) is 3.71. The van der Waals surface area contributed by atoms with Gasteiger partial charge in [-0.3, -0.25) is 0 Å². The zero-order valence-electron chi connectivity index (χ0n) is 7.78. The van der Waals surface area contributed by atoms with Gasteiger partial charge in [0, 0.05) is 6.04 Å². The molecule has 0 aromatic carbocycles. The van der Waals surface area contributed by atoms with Gasteiger partial charge in [-0.15, -0.1) is 5.92 Å². The van der Waals surface area contributed by atoms with E-state index >= 15 is 0 Å². The van der Waals surface area contributed by atoms with Crippen LogP contribution in [0.5, 0.6) is 0 Å². The molecule has 0 saturated heterocycles. The van der Waals surface area contributed by atoms with Crippen molar-refractivity contribution in [3.8, 4) is 11.8 Å². The average molecular weight is 171 g/mol. The maximum Gasteiger partial charge on any atom is 0.111 e. The molecule has 0 amide bonds. The fourth-order valence-corrected chi connectivity index (χ4v) is 0.345. The van der Waals surface area contributed by atoms with Crippen LogP contribution in [-0.4, -0.2) is 22.4 Å². The zero-order chi connectivity index (χ0) is 9.98. The van der Waals surface area contributed by atoms with Crippen molar-refractivity contribution in [3.63, 3.8) is 0 Å². The van der Waals surface area contributed by atoms with Crippen LogP contribution >= 0.6 is 0 Å². The van der Waals surface area contributed by atoms with Gasteiger partial charge in [-0.1, -0.05) is 5.92 Å². The second-order valence-electron chi connectivity index (χ2n) is 2.27. The molecule has 3 heteroatoms. The molecule has 3 nitrogen and oxygen atoms in total. The van der Waals surface area contributed by atoms with Crippen molar-refractivity contribution in [2.45, 2.75) is 32.9 Å². The van der Waals surface area contributed by atoms with Gasteiger partial charge in [-0.05, 0) is 26.8 Å². The van der Waals surface area contributed by atoms with Crippen LogP contribution in [0.2, 0.25) is 0 Å². The quantitative estimate of drug-likeness (QED) is 0.404. The lowest BCUT2D eigenvalue weighted by Gasteiger charge is -1.87. The van der Waals surface area contributed by atoms with Gasteiger partial charge in [-0.2, -0.15) is 0 Å². The average Bonchev–Trinajstić information content (AvgIpc) is 1.87. The van der Waals surface area contributed by atoms with Gasteiger partial charge in [0.05, 0.1) is 6.26 Å². The minimum Gasteiger partial charge on any atom is -0.516 e. The molecular formula is C9H17NO2. The highest BCUT2D eigenvalue weighted by Crippen LogP contribution is 1.72. The van der Waals surface area contributed by atoms with E-state index in [2.05, 4.69) is 11.8 Å². The van der Waals surface area contributed by atoms with Crippen molar-refractivity contribution >= 4 is 0 Å². The van der Waals surface area contributed by atoms with E-state index in [-0.39, 0.29) is 6.04 Å². The van der Waals surface area contributed by atoms with Crippen molar-refractivity contribution in [2.24, 2.45) is 5.73 Å². The molecule has 0 aliphatic heterocycles. The summed E-state index contributed by atoms with van der Waals surface area (Å²) in [5.74, 6) is 5.08. The van der Waals surface area contributed by atoms with Crippen molar-refractivity contribution in [3.05, 3.63) is 12.3 Å². The summed E-state index contributed by atoms with van der Waals surface area (Å²) >= 11 is 0. The molecule has 0 aliphatic rings. The van der Waals surface area contributed by atoms with Crippen LogP contribution in [0.4, 0.5) is 0 Å². The van der Waals surface area contributed by atoms with Gasteiger partial charge < -0.3 is 15.9 Å². The molecule has 12 heavy (non-hydrogen) atoms. The first-order valence-corrected chi connectivity index (χ1v) is 3.71. The van der Waals surface area contributed by atoms with Gasteiger partial charge in [0.2, 0.25) is 0 Å². The Hall–Kier alpha value is -0.980. The largest absolute Gasteiger partial charge is 0.516 e. The maximum atomic E-state index is 8.38. The SMILES string of the molecule is CC#C[C@@H](C)O.CC(N)/C=C\O. The number of hydrogen-bond donors (Lipinski definition) is 3. The minimum atomic E-state index is -0.463. The third-order valence-electron chi connectivity index (χ3n) is 0.743. The lowest BCUT2D eigenvalue weighted by atomic mass is 10.4. The monoisotopic (exact) mass is 171 g/mol. The molecular weight excluding hydrogens is 154 g/mol. The Morgan fingerprint density at radius 2 is 1.92 bits per heavy atom. The van der Waals surface area contributed by atoms with Crippen molar-refractivity contribution in [1.82, 2.24) is 0 Å². The summed E-state index contributed by atoms with van der Waals surface area (Å²) in [7, 11) is 0. The van der Waals surface area contributed by atoms with Crippen LogP contribution in [0.3, 0.4) is 0 Å². The first kappa shape index (κ1) is 13.6. The molecule has 4 N–H and O–H groups in total. The van der Waals surface area contributed by atoms with E-state index in [9.17, 15) is 0 Å². The molecule has 70 valence electrons. The fourth-order valence-electron chi connectivity index (χ4n) is 0.345. The van der Waals surface area contributed by atoms with Crippen molar-refractivity contribution in [1.29, 1.82) is 0 Å². The minimum absolute atomic E-state index is 0.0324. The normalized spacial score (nSPS) is 13.8. The topological polar surface area (TPSA) is 66.5 Å². The fraction of sp³-hybridized carbons (Fsp3) is 0.556. The Morgan fingerprint density at radius 1 is 1.42 bits per heavy atom. The number of aliphatic hydroxyl groups excluding tert-OH is 2. The molecule has 0 aromatic rings. The third-order valence-corrected chi connectivity index (χ3v) is 0.743. The van der Waals surface area contributed by atoms with E-state index in [0.29, 0.717) is 0 Å². The summed E-state index contributed by atoms with van der Waals surface area (Å²) in [6, 6.07) is -0.0324. The van der Waals surface area contributed by atoms with E-state index in [0.717, 1.165) is 6.26 Å². The van der Waals surface area contributed by atoms with Gasteiger partial charge in [0.15, 0.2) is 0 Å². The third kappa shape index (κ3) is 23.0. The van der Waals surface area contributed by atoms with E-state index in [4.69, 9.17) is 15.9 Å². The van der Waals surface area contributed by atoms with Crippen LogP contribution in [0.15, 0.2) is 12.3 Å². The van der Waals surface area contributed by atoms with Gasteiger partial charge in [0.25, 0.3) is 0 Å². The summed E-state index contributed by atoms with van der Waals surface area (Å²) in [5.41, 5.74) is 5.16. The molecule has 0 radical (unpaired) electrons. The second-order valence-corrected chi connectivity index (χ2v) is 2.27. The van der Waals surface area contributed by atoms with Crippen LogP contribution in [0.25, 0.3) is 0 Å². The van der Waals surface area contributed by atoms with E-state index < -0.39 is 6.10 Å². The summed E-state index contributed by atoms with van der Waals surface area (Å²) in [6.45, 7) is 5.12. The maximum absolute atomic E-state index is 8.38. The molecule has 0 saturated carbocycles. The predicted octanol–water partition coefficient (Wildman–Crippen LogP) is 0.796. The van der Waals surface area contributed by atoms with E-state index in [1.165, 1.54) is 6.08 Å². The standard InChI is InChI=1S/C5H8O.C4H9NO/c1-3-4-5(2)6;1-4(5)2-3-6/h5-6H,1-2H3;2-4,6H,5H2,1H3/b;3-2-/t5-;/m1./s1. The Balaban J connectivity index is 0. The summed E-state index contributed by atoms with van der Waals surface area (Å²) < 4.78 is 0. The molecule has 0 spiro atoms. The number of hydrogen-bond acceptors (Lipinski definition) is 3.